The van der Waals surface area contributed by atoms with E-state index in [1.165, 1.54) is 0 Å². The highest BCUT2D eigenvalue weighted by Crippen LogP contribution is 2.22. The smallest absolute Gasteiger partial charge is 0.217 e. The molecule has 0 aliphatic carbocycles. The highest BCUT2D eigenvalue weighted by Gasteiger charge is 2.13. The molecule has 0 aliphatic rings. The number of hydrogen-bond acceptors (Lipinski definition) is 4. The van der Waals surface area contributed by atoms with Gasteiger partial charge in [0, 0.05) is 5.39 Å². The first-order chi connectivity index (χ1) is 9.33. The molecule has 4 aromatic rings. The Balaban J connectivity index is 2.12. The summed E-state index contributed by atoms with van der Waals surface area (Å²) < 4.78 is 7.09. The fraction of sp³-hybridized carbons (Fsp3) is 0.0714. The lowest BCUT2D eigenvalue weighted by molar-refractivity contribution is 0.577. The molecule has 0 atom stereocenters. The monoisotopic (exact) mass is 250 g/mol. The van der Waals surface area contributed by atoms with Crippen LogP contribution < -0.4 is 0 Å². The van der Waals surface area contributed by atoms with Crippen molar-refractivity contribution >= 4 is 16.6 Å². The zero-order chi connectivity index (χ0) is 12.8. The molecule has 0 spiro atoms. The number of nitrogens with zero attached hydrogens (tertiary/aromatic N) is 4. The minimum absolute atomic E-state index is 0.575. The Hall–Kier alpha value is -2.69. The molecule has 19 heavy (non-hydrogen) atoms. The molecule has 3 aromatic heterocycles. The molecule has 1 aromatic carbocycles. The van der Waals surface area contributed by atoms with Gasteiger partial charge in [0.2, 0.25) is 5.82 Å². The average molecular weight is 250 g/mol. The summed E-state index contributed by atoms with van der Waals surface area (Å²) in [6, 6.07) is 11.6. The van der Waals surface area contributed by atoms with Crippen molar-refractivity contribution in [1.29, 1.82) is 0 Å². The van der Waals surface area contributed by atoms with E-state index in [1.807, 2.05) is 43.3 Å². The van der Waals surface area contributed by atoms with Crippen LogP contribution in [0.1, 0.15) is 5.82 Å². The summed E-state index contributed by atoms with van der Waals surface area (Å²) in [6.07, 6.45) is 1.62. The van der Waals surface area contributed by atoms with Gasteiger partial charge in [-0.3, -0.25) is 0 Å². The van der Waals surface area contributed by atoms with Crippen LogP contribution in [0.5, 0.6) is 0 Å². The Morgan fingerprint density at radius 1 is 1.05 bits per heavy atom. The van der Waals surface area contributed by atoms with Gasteiger partial charge in [0.15, 0.2) is 11.4 Å². The number of rotatable bonds is 1. The van der Waals surface area contributed by atoms with Crippen LogP contribution in [0.25, 0.3) is 28.1 Å². The van der Waals surface area contributed by atoms with Crippen molar-refractivity contribution in [2.24, 2.45) is 0 Å². The van der Waals surface area contributed by atoms with Crippen molar-refractivity contribution in [2.75, 3.05) is 0 Å². The third kappa shape index (κ3) is 1.45. The van der Waals surface area contributed by atoms with Crippen molar-refractivity contribution < 1.29 is 4.42 Å². The quantitative estimate of drug-likeness (QED) is 0.521. The fourth-order valence-electron chi connectivity index (χ4n) is 2.20. The summed E-state index contributed by atoms with van der Waals surface area (Å²) >= 11 is 0. The molecular formula is C14H10N4O. The van der Waals surface area contributed by atoms with E-state index in [2.05, 4.69) is 15.1 Å². The molecule has 0 saturated carbocycles. The number of hydrogen-bond donors (Lipinski definition) is 0. The van der Waals surface area contributed by atoms with Crippen molar-refractivity contribution in [3.63, 3.8) is 0 Å². The molecule has 0 fully saturated rings. The number of aryl methyl sites for hydroxylation is 1. The highest BCUT2D eigenvalue weighted by atomic mass is 16.3. The maximum absolute atomic E-state index is 5.34. The summed E-state index contributed by atoms with van der Waals surface area (Å²) in [5.41, 5.74) is 1.72. The van der Waals surface area contributed by atoms with Gasteiger partial charge >= 0.3 is 0 Å². The second kappa shape index (κ2) is 3.65. The van der Waals surface area contributed by atoms with Crippen LogP contribution in [0.2, 0.25) is 0 Å². The Morgan fingerprint density at radius 2 is 1.95 bits per heavy atom. The predicted octanol–water partition coefficient (Wildman–Crippen LogP) is 2.85. The van der Waals surface area contributed by atoms with Gasteiger partial charge in [-0.2, -0.15) is 4.52 Å². The van der Waals surface area contributed by atoms with E-state index in [-0.39, 0.29) is 0 Å². The lowest BCUT2D eigenvalue weighted by Gasteiger charge is -2.01. The first-order valence-corrected chi connectivity index (χ1v) is 5.99. The van der Waals surface area contributed by atoms with Crippen LogP contribution in [0.3, 0.4) is 0 Å². The molecule has 4 rings (SSSR count). The molecular weight excluding hydrogens is 240 g/mol. The van der Waals surface area contributed by atoms with E-state index in [9.17, 15) is 0 Å². The number of fused-ring (bicyclic) bond motifs is 3. The first kappa shape index (κ1) is 10.3. The van der Waals surface area contributed by atoms with Gasteiger partial charge in [0.05, 0.1) is 11.8 Å². The largest absolute Gasteiger partial charge is 0.461 e. The van der Waals surface area contributed by atoms with Crippen LogP contribution in [0.4, 0.5) is 0 Å². The highest BCUT2D eigenvalue weighted by molar-refractivity contribution is 5.91. The second-order valence-electron chi connectivity index (χ2n) is 4.32. The van der Waals surface area contributed by atoms with E-state index in [4.69, 9.17) is 4.42 Å². The number of aromatic nitrogens is 4. The molecule has 0 aliphatic heterocycles. The van der Waals surface area contributed by atoms with Crippen LogP contribution in [0.15, 0.2) is 47.1 Å². The summed E-state index contributed by atoms with van der Waals surface area (Å²) in [5, 5.41) is 5.44. The van der Waals surface area contributed by atoms with Crippen LogP contribution in [-0.4, -0.2) is 19.6 Å². The normalized spacial score (nSPS) is 11.4. The van der Waals surface area contributed by atoms with E-state index < -0.39 is 0 Å². The lowest BCUT2D eigenvalue weighted by Crippen LogP contribution is -1.98. The van der Waals surface area contributed by atoms with Crippen molar-refractivity contribution in [1.82, 2.24) is 19.6 Å². The van der Waals surface area contributed by atoms with E-state index in [0.717, 1.165) is 22.4 Å². The van der Waals surface area contributed by atoms with Gasteiger partial charge in [-0.05, 0) is 31.2 Å². The van der Waals surface area contributed by atoms with Gasteiger partial charge in [-0.15, -0.1) is 5.10 Å². The predicted molar refractivity (Wildman–Crippen MR) is 70.7 cm³/mol. The van der Waals surface area contributed by atoms with E-state index in [0.29, 0.717) is 11.6 Å². The average Bonchev–Trinajstić information content (AvgIpc) is 3.08. The molecule has 0 amide bonds. The molecule has 5 heteroatoms. The maximum atomic E-state index is 5.34. The minimum atomic E-state index is 0.575. The van der Waals surface area contributed by atoms with Crippen molar-refractivity contribution in [3.8, 4) is 11.6 Å². The molecule has 3 heterocycles. The van der Waals surface area contributed by atoms with Crippen molar-refractivity contribution in [3.05, 3.63) is 48.5 Å². The fourth-order valence-corrected chi connectivity index (χ4v) is 2.20. The van der Waals surface area contributed by atoms with Crippen LogP contribution >= 0.6 is 0 Å². The Labute approximate surface area is 108 Å². The van der Waals surface area contributed by atoms with Crippen LogP contribution in [-0.2, 0) is 0 Å². The summed E-state index contributed by atoms with van der Waals surface area (Å²) in [6.45, 7) is 1.92. The SMILES string of the molecule is Cc1nc2ccccc2c2nc(-c3ccco3)nn12. The van der Waals surface area contributed by atoms with Gasteiger partial charge < -0.3 is 4.42 Å². The zero-order valence-corrected chi connectivity index (χ0v) is 10.2. The van der Waals surface area contributed by atoms with E-state index in [1.54, 1.807) is 10.8 Å². The van der Waals surface area contributed by atoms with Crippen LogP contribution in [0, 0.1) is 6.92 Å². The second-order valence-corrected chi connectivity index (χ2v) is 4.32. The van der Waals surface area contributed by atoms with Gasteiger partial charge in [0.1, 0.15) is 5.82 Å². The molecule has 0 N–H and O–H groups in total. The molecule has 0 radical (unpaired) electrons. The molecule has 0 unspecified atom stereocenters. The number of furan rings is 1. The third-order valence-corrected chi connectivity index (χ3v) is 3.08. The number of benzene rings is 1. The molecule has 0 saturated heterocycles. The Morgan fingerprint density at radius 3 is 2.79 bits per heavy atom. The summed E-state index contributed by atoms with van der Waals surface area (Å²) in [7, 11) is 0. The minimum Gasteiger partial charge on any atom is -0.461 e. The molecule has 92 valence electrons. The maximum Gasteiger partial charge on any atom is 0.217 e. The Bertz CT molecular complexity index is 877. The Kier molecular flexibility index (Phi) is 1.97. The summed E-state index contributed by atoms with van der Waals surface area (Å²) in [4.78, 5) is 9.09. The third-order valence-electron chi connectivity index (χ3n) is 3.08. The van der Waals surface area contributed by atoms with Gasteiger partial charge in [-0.25, -0.2) is 9.97 Å². The first-order valence-electron chi connectivity index (χ1n) is 5.99. The number of para-hydroxylation sites is 1. The topological polar surface area (TPSA) is 56.2 Å². The van der Waals surface area contributed by atoms with Gasteiger partial charge in [0.25, 0.3) is 0 Å². The summed E-state index contributed by atoms with van der Waals surface area (Å²) in [5.74, 6) is 2.04. The van der Waals surface area contributed by atoms with Gasteiger partial charge in [-0.1, -0.05) is 12.1 Å². The molecule has 0 bridgehead atoms. The zero-order valence-electron chi connectivity index (χ0n) is 10.2. The molecule has 5 nitrogen and oxygen atoms in total. The van der Waals surface area contributed by atoms with Crippen molar-refractivity contribution in [2.45, 2.75) is 6.92 Å². The lowest BCUT2D eigenvalue weighted by atomic mass is 10.2. The standard InChI is InChI=1S/C14H10N4O/c1-9-15-11-6-3-2-5-10(11)14-16-13(17-18(9)14)12-7-4-8-19-12/h2-8H,1H3. The van der Waals surface area contributed by atoms with E-state index >= 15 is 0 Å².